The molecule has 0 atom stereocenters. The Balaban J connectivity index is 2.33. The van der Waals surface area contributed by atoms with Gasteiger partial charge in [0.2, 0.25) is 0 Å². The Morgan fingerprint density at radius 1 is 1.29 bits per heavy atom. The van der Waals surface area contributed by atoms with Crippen LogP contribution in [-0.4, -0.2) is 26.0 Å². The van der Waals surface area contributed by atoms with Gasteiger partial charge in [-0.25, -0.2) is 9.97 Å². The summed E-state index contributed by atoms with van der Waals surface area (Å²) in [6, 6.07) is 3.40. The Hall–Kier alpha value is -2.15. The quantitative estimate of drug-likeness (QED) is 0.277. The molecule has 2 heterocycles. The van der Waals surface area contributed by atoms with Crippen molar-refractivity contribution in [1.29, 1.82) is 0 Å². The molecular weight excluding hydrogens is 238 g/mol. The Morgan fingerprint density at radius 2 is 2.06 bits per heavy atom. The van der Waals surface area contributed by atoms with Gasteiger partial charge in [0.05, 0.1) is 0 Å². The molecule has 2 aromatic heterocycles. The van der Waals surface area contributed by atoms with Crippen molar-refractivity contribution in [2.24, 2.45) is 10.9 Å². The van der Waals surface area contributed by atoms with E-state index >= 15 is 0 Å². The number of hydrogen-bond acceptors (Lipinski definition) is 6. The average Bonchev–Trinajstić information content (AvgIpc) is 2.40. The van der Waals surface area contributed by atoms with E-state index in [9.17, 15) is 0 Å². The fraction of sp³-hybridized carbons (Fsp3) is 0. The molecule has 0 aliphatic carbocycles. The first-order valence-electron chi connectivity index (χ1n) is 4.68. The van der Waals surface area contributed by atoms with Crippen molar-refractivity contribution in [2.75, 3.05) is 0 Å². The molecule has 0 amide bonds. The molecule has 7 heteroatoms. The summed E-state index contributed by atoms with van der Waals surface area (Å²) in [6.07, 6.45) is 6.49. The van der Waals surface area contributed by atoms with Crippen LogP contribution in [0.3, 0.4) is 0 Å². The molecule has 0 saturated carbocycles. The van der Waals surface area contributed by atoms with Gasteiger partial charge in [0.1, 0.15) is 0 Å². The third kappa shape index (κ3) is 2.70. The Kier molecular flexibility index (Phi) is 3.51. The van der Waals surface area contributed by atoms with Crippen LogP contribution in [0.2, 0.25) is 0 Å². The van der Waals surface area contributed by atoms with E-state index in [1.54, 1.807) is 36.9 Å². The van der Waals surface area contributed by atoms with E-state index in [-0.39, 0.29) is 5.84 Å². The molecule has 0 spiro atoms. The Morgan fingerprint density at radius 3 is 2.76 bits per heavy atom. The minimum atomic E-state index is 0.0332. The van der Waals surface area contributed by atoms with E-state index in [0.717, 1.165) is 4.90 Å². The molecule has 0 aliphatic heterocycles. The maximum Gasteiger partial charge on any atom is 0.192 e. The van der Waals surface area contributed by atoms with Crippen LogP contribution in [0, 0.1) is 0 Å². The number of rotatable bonds is 3. The topological polar surface area (TPSA) is 97.3 Å². The molecule has 0 saturated heterocycles. The number of aromatic nitrogens is 3. The van der Waals surface area contributed by atoms with Gasteiger partial charge < -0.3 is 10.9 Å². The third-order valence-corrected chi connectivity index (χ3v) is 2.85. The van der Waals surface area contributed by atoms with Crippen LogP contribution in [0.25, 0.3) is 0 Å². The molecule has 0 unspecified atom stereocenters. The van der Waals surface area contributed by atoms with Crippen molar-refractivity contribution in [2.45, 2.75) is 10.1 Å². The number of amidine groups is 1. The SMILES string of the molecule is NC(=NO)c1ccncc1Sc1ncccn1. The Labute approximate surface area is 102 Å². The molecule has 0 aromatic carbocycles. The first-order valence-corrected chi connectivity index (χ1v) is 5.49. The first-order chi connectivity index (χ1) is 8.31. The van der Waals surface area contributed by atoms with Crippen molar-refractivity contribution in [1.82, 2.24) is 15.0 Å². The predicted molar refractivity (Wildman–Crippen MR) is 62.9 cm³/mol. The van der Waals surface area contributed by atoms with Gasteiger partial charge in [-0.15, -0.1) is 0 Å². The number of oxime groups is 1. The second-order valence-electron chi connectivity index (χ2n) is 2.99. The molecule has 17 heavy (non-hydrogen) atoms. The second-order valence-corrected chi connectivity index (χ2v) is 4.00. The number of nitrogens with two attached hydrogens (primary N) is 1. The highest BCUT2D eigenvalue weighted by Crippen LogP contribution is 2.26. The normalized spacial score (nSPS) is 11.4. The predicted octanol–water partition coefficient (Wildman–Crippen LogP) is 1.12. The van der Waals surface area contributed by atoms with Gasteiger partial charge in [-0.05, 0) is 23.9 Å². The van der Waals surface area contributed by atoms with Crippen molar-refractivity contribution in [3.8, 4) is 0 Å². The van der Waals surface area contributed by atoms with Gasteiger partial charge in [0.15, 0.2) is 11.0 Å². The molecule has 0 aliphatic rings. The van der Waals surface area contributed by atoms with Gasteiger partial charge in [-0.1, -0.05) is 5.16 Å². The van der Waals surface area contributed by atoms with Gasteiger partial charge in [-0.3, -0.25) is 4.98 Å². The fourth-order valence-electron chi connectivity index (χ4n) is 1.16. The van der Waals surface area contributed by atoms with Gasteiger partial charge in [0, 0.05) is 35.2 Å². The molecule has 6 nitrogen and oxygen atoms in total. The lowest BCUT2D eigenvalue weighted by molar-refractivity contribution is 0.318. The van der Waals surface area contributed by atoms with E-state index in [2.05, 4.69) is 20.1 Å². The molecule has 0 radical (unpaired) electrons. The van der Waals surface area contributed by atoms with E-state index in [4.69, 9.17) is 10.9 Å². The summed E-state index contributed by atoms with van der Waals surface area (Å²) in [6.45, 7) is 0. The fourth-order valence-corrected chi connectivity index (χ4v) is 1.98. The standard InChI is InChI=1S/C10H9N5OS/c11-9(15-16)7-2-5-12-6-8(7)17-10-13-3-1-4-14-10/h1-6,16H,(H2,11,15). The highest BCUT2D eigenvalue weighted by atomic mass is 32.2. The van der Waals surface area contributed by atoms with Crippen LogP contribution in [0.15, 0.2) is 52.1 Å². The summed E-state index contributed by atoms with van der Waals surface area (Å²) in [5.74, 6) is 0.0332. The lowest BCUT2D eigenvalue weighted by Gasteiger charge is -2.05. The second kappa shape index (κ2) is 5.26. The van der Waals surface area contributed by atoms with Crippen LogP contribution in [0.1, 0.15) is 5.56 Å². The summed E-state index contributed by atoms with van der Waals surface area (Å²) in [5.41, 5.74) is 6.16. The van der Waals surface area contributed by atoms with Crippen LogP contribution in [-0.2, 0) is 0 Å². The highest BCUT2D eigenvalue weighted by molar-refractivity contribution is 7.99. The van der Waals surface area contributed by atoms with Gasteiger partial charge in [0.25, 0.3) is 0 Å². The summed E-state index contributed by atoms with van der Waals surface area (Å²) < 4.78 is 0. The lowest BCUT2D eigenvalue weighted by atomic mass is 10.2. The summed E-state index contributed by atoms with van der Waals surface area (Å²) >= 11 is 1.30. The maximum atomic E-state index is 8.68. The molecule has 2 aromatic rings. The molecule has 0 fully saturated rings. The van der Waals surface area contributed by atoms with Crippen molar-refractivity contribution < 1.29 is 5.21 Å². The zero-order valence-electron chi connectivity index (χ0n) is 8.69. The number of hydrogen-bond donors (Lipinski definition) is 2. The number of pyridine rings is 1. The van der Waals surface area contributed by atoms with E-state index in [1.807, 2.05) is 0 Å². The van der Waals surface area contributed by atoms with Crippen molar-refractivity contribution in [3.63, 3.8) is 0 Å². The van der Waals surface area contributed by atoms with Crippen molar-refractivity contribution >= 4 is 17.6 Å². The van der Waals surface area contributed by atoms with Crippen molar-refractivity contribution in [3.05, 3.63) is 42.5 Å². The molecule has 2 rings (SSSR count). The lowest BCUT2D eigenvalue weighted by Crippen LogP contribution is -2.14. The molecular formula is C10H9N5OS. The zero-order valence-corrected chi connectivity index (χ0v) is 9.50. The van der Waals surface area contributed by atoms with E-state index in [0.29, 0.717) is 10.7 Å². The van der Waals surface area contributed by atoms with Crippen LogP contribution in [0.4, 0.5) is 0 Å². The molecule has 3 N–H and O–H groups in total. The van der Waals surface area contributed by atoms with Crippen LogP contribution in [0.5, 0.6) is 0 Å². The summed E-state index contributed by atoms with van der Waals surface area (Å²) in [5, 5.41) is 12.2. The smallest absolute Gasteiger partial charge is 0.192 e. The van der Waals surface area contributed by atoms with E-state index < -0.39 is 0 Å². The minimum absolute atomic E-state index is 0.0332. The van der Waals surface area contributed by atoms with Gasteiger partial charge in [-0.2, -0.15) is 0 Å². The largest absolute Gasteiger partial charge is 0.409 e. The van der Waals surface area contributed by atoms with Gasteiger partial charge >= 0.3 is 0 Å². The number of nitrogens with zero attached hydrogens (tertiary/aromatic N) is 4. The maximum absolute atomic E-state index is 8.68. The first kappa shape index (κ1) is 11.3. The summed E-state index contributed by atoms with van der Waals surface area (Å²) in [4.78, 5) is 12.9. The van der Waals surface area contributed by atoms with E-state index in [1.165, 1.54) is 11.8 Å². The molecule has 86 valence electrons. The zero-order chi connectivity index (χ0) is 12.1. The average molecular weight is 247 g/mol. The Bertz CT molecular complexity index is 531. The minimum Gasteiger partial charge on any atom is -0.409 e. The third-order valence-electron chi connectivity index (χ3n) is 1.91. The molecule has 0 bridgehead atoms. The van der Waals surface area contributed by atoms with Crippen LogP contribution >= 0.6 is 11.8 Å². The van der Waals surface area contributed by atoms with Crippen LogP contribution < -0.4 is 5.73 Å². The summed E-state index contributed by atoms with van der Waals surface area (Å²) in [7, 11) is 0. The monoisotopic (exact) mass is 247 g/mol. The highest BCUT2D eigenvalue weighted by Gasteiger charge is 2.09.